The molecule has 4 rings (SSSR count). The highest BCUT2D eigenvalue weighted by atomic mass is 16.7. The number of aliphatic hydroxyl groups is 3. The van der Waals surface area contributed by atoms with Crippen LogP contribution in [0.15, 0.2) is 12.1 Å². The first-order valence-electron chi connectivity index (χ1n) is 10.4. The number of aliphatic carboxylic acids is 4. The summed E-state index contributed by atoms with van der Waals surface area (Å²) in [7, 11) is 0. The molecule has 38 heavy (non-hydrogen) atoms. The summed E-state index contributed by atoms with van der Waals surface area (Å²) in [5.74, 6) is -3.92. The summed E-state index contributed by atoms with van der Waals surface area (Å²) in [6.07, 6.45) is -2.70. The van der Waals surface area contributed by atoms with Crippen molar-refractivity contribution in [3.63, 3.8) is 0 Å². The van der Waals surface area contributed by atoms with E-state index >= 15 is 0 Å². The fourth-order valence-corrected chi connectivity index (χ4v) is 3.09. The van der Waals surface area contributed by atoms with Crippen LogP contribution >= 0.6 is 0 Å². The Morgan fingerprint density at radius 2 is 1.29 bits per heavy atom. The third kappa shape index (κ3) is 10.3. The van der Waals surface area contributed by atoms with Gasteiger partial charge in [-0.25, -0.2) is 0 Å². The number of aliphatic hydroxyl groups excluding tert-OH is 3. The van der Waals surface area contributed by atoms with E-state index in [-0.39, 0.29) is 29.6 Å². The number of fused-ring (bicyclic) bond motifs is 4. The summed E-state index contributed by atoms with van der Waals surface area (Å²) in [6.45, 7) is 4.26. The zero-order chi connectivity index (χ0) is 29.9. The lowest BCUT2D eigenvalue weighted by Gasteiger charge is -2.39. The fraction of sp³-hybridized carbons (Fsp3) is 0.409. The molecule has 9 N–H and O–H groups in total. The molecule has 16 heteroatoms. The van der Waals surface area contributed by atoms with Gasteiger partial charge in [0.15, 0.2) is 11.5 Å². The second kappa shape index (κ2) is 15.0. The molecule has 2 heterocycles. The van der Waals surface area contributed by atoms with Crippen LogP contribution in [0.25, 0.3) is 5.57 Å². The van der Waals surface area contributed by atoms with Gasteiger partial charge in [0.2, 0.25) is 12.5 Å². The maximum atomic E-state index is 12.2. The van der Waals surface area contributed by atoms with Crippen molar-refractivity contribution in [1.29, 1.82) is 0 Å². The van der Waals surface area contributed by atoms with E-state index in [1.807, 2.05) is 0 Å². The molecule has 1 aliphatic carbocycles. The van der Waals surface area contributed by atoms with Crippen molar-refractivity contribution >= 4 is 35.4 Å². The van der Waals surface area contributed by atoms with Gasteiger partial charge in [-0.2, -0.15) is 0 Å². The van der Waals surface area contributed by atoms with Crippen molar-refractivity contribution in [2.45, 2.75) is 52.0 Å². The number of hydrogen-bond donors (Lipinski definition) is 9. The number of carboxylic acid groups (broad SMARTS) is 4. The number of hydrogen-bond acceptors (Lipinski definition) is 11. The van der Waals surface area contributed by atoms with E-state index in [1.54, 1.807) is 0 Å². The Balaban J connectivity index is 0.000000709. The Bertz CT molecular complexity index is 1020. The predicted molar refractivity (Wildman–Crippen MR) is 125 cm³/mol. The molecule has 0 fully saturated rings. The highest BCUT2D eigenvalue weighted by Crippen LogP contribution is 2.48. The molecule has 0 saturated carbocycles. The van der Waals surface area contributed by atoms with Crippen molar-refractivity contribution in [3.05, 3.63) is 23.3 Å². The lowest BCUT2D eigenvalue weighted by atomic mass is 9.79. The SMILES string of the molecule is CC(=O)O.CC(=O)O.CC(=O)O.CC(=O)O.O=C1N[C@@H]2C(=C[C@H](O)[C@@H](O)[C@H]2O)c2cc3c(c(O)c21)OCO3. The molecule has 0 saturated heterocycles. The van der Waals surface area contributed by atoms with Crippen LogP contribution in [0.2, 0.25) is 0 Å². The summed E-state index contributed by atoms with van der Waals surface area (Å²) in [5.41, 5.74) is 0.733. The molecule has 0 bridgehead atoms. The van der Waals surface area contributed by atoms with Gasteiger partial charge in [-0.3, -0.25) is 24.0 Å². The topological polar surface area (TPSA) is 278 Å². The Hall–Kier alpha value is -4.41. The van der Waals surface area contributed by atoms with Crippen LogP contribution in [0, 0.1) is 0 Å². The molecule has 0 radical (unpaired) electrons. The summed E-state index contributed by atoms with van der Waals surface area (Å²) in [4.78, 5) is 48.2. The van der Waals surface area contributed by atoms with Gasteiger partial charge in [-0.1, -0.05) is 0 Å². The molecular formula is C22H29NO15. The van der Waals surface area contributed by atoms with E-state index in [1.165, 1.54) is 12.1 Å². The number of amides is 1. The van der Waals surface area contributed by atoms with Gasteiger partial charge in [0.25, 0.3) is 29.8 Å². The van der Waals surface area contributed by atoms with Gasteiger partial charge in [0, 0.05) is 33.3 Å². The Morgan fingerprint density at radius 3 is 1.74 bits per heavy atom. The average molecular weight is 547 g/mol. The zero-order valence-electron chi connectivity index (χ0n) is 20.6. The summed E-state index contributed by atoms with van der Waals surface area (Å²) >= 11 is 0. The van der Waals surface area contributed by atoms with Crippen LogP contribution in [0.4, 0.5) is 0 Å². The van der Waals surface area contributed by atoms with E-state index < -0.39 is 54.1 Å². The lowest BCUT2D eigenvalue weighted by Crippen LogP contribution is -2.57. The molecule has 1 aromatic rings. The second-order valence-electron chi connectivity index (χ2n) is 7.50. The summed E-state index contributed by atoms with van der Waals surface area (Å²) in [5, 5.41) is 72.0. The highest BCUT2D eigenvalue weighted by Gasteiger charge is 2.44. The molecule has 2 aliphatic heterocycles. The summed E-state index contributed by atoms with van der Waals surface area (Å²) in [6, 6.07) is 0.643. The minimum Gasteiger partial charge on any atom is -0.504 e. The molecule has 4 atom stereocenters. The van der Waals surface area contributed by atoms with Crippen LogP contribution in [-0.2, 0) is 19.2 Å². The van der Waals surface area contributed by atoms with Crippen LogP contribution in [0.3, 0.4) is 0 Å². The number of ether oxygens (including phenoxy) is 2. The van der Waals surface area contributed by atoms with Gasteiger partial charge in [-0.05, 0) is 17.7 Å². The maximum absolute atomic E-state index is 12.2. The normalized spacial score (nSPS) is 21.1. The Morgan fingerprint density at radius 1 is 0.842 bits per heavy atom. The second-order valence-corrected chi connectivity index (χ2v) is 7.50. The van der Waals surface area contributed by atoms with Gasteiger partial charge in [0.05, 0.1) is 11.6 Å². The number of carboxylic acids is 4. The number of rotatable bonds is 0. The first-order chi connectivity index (χ1) is 17.4. The van der Waals surface area contributed by atoms with Crippen LogP contribution < -0.4 is 14.8 Å². The predicted octanol–water partition coefficient (Wildman–Crippen LogP) is -0.924. The number of carbonyl (C=O) groups is 5. The first kappa shape index (κ1) is 33.6. The molecular weight excluding hydrogens is 518 g/mol. The number of carbonyl (C=O) groups excluding carboxylic acids is 1. The number of phenolic OH excluding ortho intramolecular Hbond substituents is 1. The van der Waals surface area contributed by atoms with Gasteiger partial charge < -0.3 is 55.6 Å². The number of benzene rings is 1. The number of phenols is 1. The minimum atomic E-state index is -1.40. The zero-order valence-corrected chi connectivity index (χ0v) is 20.6. The largest absolute Gasteiger partial charge is 0.504 e. The van der Waals surface area contributed by atoms with Crippen LogP contribution in [0.1, 0.15) is 43.6 Å². The smallest absolute Gasteiger partial charge is 0.300 e. The van der Waals surface area contributed by atoms with Crippen LogP contribution in [-0.4, -0.2) is 102 Å². The van der Waals surface area contributed by atoms with Gasteiger partial charge in [-0.15, -0.1) is 0 Å². The molecule has 1 amide bonds. The third-order valence-corrected chi connectivity index (χ3v) is 4.19. The van der Waals surface area contributed by atoms with Crippen molar-refractivity contribution in [3.8, 4) is 17.2 Å². The molecule has 212 valence electrons. The van der Waals surface area contributed by atoms with E-state index in [0.29, 0.717) is 11.1 Å². The molecule has 1 aromatic carbocycles. The van der Waals surface area contributed by atoms with Crippen molar-refractivity contribution in [2.75, 3.05) is 6.79 Å². The lowest BCUT2D eigenvalue weighted by molar-refractivity contribution is -0.135. The van der Waals surface area contributed by atoms with Gasteiger partial charge >= 0.3 is 0 Å². The Kier molecular flexibility index (Phi) is 13.2. The molecule has 0 unspecified atom stereocenters. The van der Waals surface area contributed by atoms with E-state index in [2.05, 4.69) is 5.32 Å². The molecule has 0 spiro atoms. The van der Waals surface area contributed by atoms with E-state index in [4.69, 9.17) is 49.1 Å². The maximum Gasteiger partial charge on any atom is 0.300 e. The molecule has 16 nitrogen and oxygen atoms in total. The number of aromatic hydroxyl groups is 1. The van der Waals surface area contributed by atoms with E-state index in [0.717, 1.165) is 27.7 Å². The van der Waals surface area contributed by atoms with Crippen LogP contribution in [0.5, 0.6) is 17.2 Å². The highest BCUT2D eigenvalue weighted by molar-refractivity contribution is 6.07. The third-order valence-electron chi connectivity index (χ3n) is 4.19. The molecule has 3 aliphatic rings. The van der Waals surface area contributed by atoms with Gasteiger partial charge in [0.1, 0.15) is 18.3 Å². The number of nitrogens with one attached hydrogen (secondary N) is 1. The van der Waals surface area contributed by atoms with E-state index in [9.17, 15) is 25.2 Å². The standard InChI is InChI=1S/C14H13NO7.4C2H4O2/c16-6-1-5-4-2-7-13(22-3-21-7)11(18)8(4)14(20)15-9(5)12(19)10(6)17;4*1-2(3)4/h1-2,6,9-10,12,16-19H,3H2,(H,15,20);4*1H3,(H,3,4)/t6-,9+,10+,12-;;;;/m0..../s1. The quantitative estimate of drug-likeness (QED) is 0.190. The van der Waals surface area contributed by atoms with Crippen molar-refractivity contribution in [1.82, 2.24) is 5.32 Å². The molecule has 0 aromatic heterocycles. The monoisotopic (exact) mass is 547 g/mol. The Labute approximate surface area is 215 Å². The van der Waals surface area contributed by atoms with Crippen molar-refractivity contribution in [2.24, 2.45) is 0 Å². The first-order valence-corrected chi connectivity index (χ1v) is 10.4. The average Bonchev–Trinajstić information content (AvgIpc) is 3.21. The van der Waals surface area contributed by atoms with Crippen molar-refractivity contribution < 1.29 is 74.3 Å². The minimum absolute atomic E-state index is 0.0115. The summed E-state index contributed by atoms with van der Waals surface area (Å²) < 4.78 is 10.3. The fourth-order valence-electron chi connectivity index (χ4n) is 3.09.